The number of amides is 2. The van der Waals surface area contributed by atoms with E-state index in [0.29, 0.717) is 11.1 Å². The van der Waals surface area contributed by atoms with Crippen molar-refractivity contribution in [3.8, 4) is 0 Å². The molecule has 0 radical (unpaired) electrons. The SMILES string of the molecule is COC(=O)C1c2ccccc2CC(=O)N1NC(=O)Cc1ccc(F)cc1. The zero-order valence-electron chi connectivity index (χ0n) is 14.1. The first-order valence-electron chi connectivity index (χ1n) is 8.01. The molecular formula is C19H17FN2O4. The van der Waals surface area contributed by atoms with Crippen molar-refractivity contribution in [2.75, 3.05) is 7.11 Å². The van der Waals surface area contributed by atoms with Gasteiger partial charge in [-0.1, -0.05) is 36.4 Å². The summed E-state index contributed by atoms with van der Waals surface area (Å²) in [4.78, 5) is 37.1. The highest BCUT2D eigenvalue weighted by atomic mass is 19.1. The van der Waals surface area contributed by atoms with Crippen molar-refractivity contribution in [1.29, 1.82) is 0 Å². The van der Waals surface area contributed by atoms with Gasteiger partial charge in [0, 0.05) is 0 Å². The Hall–Kier alpha value is -3.22. The van der Waals surface area contributed by atoms with Crippen LogP contribution in [0.15, 0.2) is 48.5 Å². The van der Waals surface area contributed by atoms with E-state index in [2.05, 4.69) is 5.43 Å². The molecule has 1 atom stereocenters. The number of hydrogen-bond donors (Lipinski definition) is 1. The fraction of sp³-hybridized carbons (Fsp3) is 0.211. The molecule has 0 saturated heterocycles. The van der Waals surface area contributed by atoms with Crippen LogP contribution in [0.1, 0.15) is 22.7 Å². The minimum Gasteiger partial charge on any atom is -0.467 e. The number of hydrazine groups is 1. The van der Waals surface area contributed by atoms with Crippen LogP contribution in [0.4, 0.5) is 4.39 Å². The number of benzene rings is 2. The first-order valence-corrected chi connectivity index (χ1v) is 8.01. The van der Waals surface area contributed by atoms with Crippen LogP contribution >= 0.6 is 0 Å². The van der Waals surface area contributed by atoms with Gasteiger partial charge < -0.3 is 4.74 Å². The number of ether oxygens (including phenoxy) is 1. The van der Waals surface area contributed by atoms with E-state index in [1.165, 1.54) is 31.4 Å². The number of carbonyl (C=O) groups is 3. The van der Waals surface area contributed by atoms with Crippen molar-refractivity contribution in [2.45, 2.75) is 18.9 Å². The van der Waals surface area contributed by atoms with Gasteiger partial charge in [-0.3, -0.25) is 15.0 Å². The van der Waals surface area contributed by atoms with Gasteiger partial charge in [-0.05, 0) is 28.8 Å². The van der Waals surface area contributed by atoms with E-state index < -0.39 is 29.6 Å². The molecule has 1 aliphatic rings. The van der Waals surface area contributed by atoms with E-state index in [-0.39, 0.29) is 12.8 Å². The van der Waals surface area contributed by atoms with E-state index in [0.717, 1.165) is 10.6 Å². The molecule has 6 nitrogen and oxygen atoms in total. The Morgan fingerprint density at radius 3 is 2.58 bits per heavy atom. The molecule has 2 aromatic carbocycles. The lowest BCUT2D eigenvalue weighted by atomic mass is 9.93. The maximum Gasteiger partial charge on any atom is 0.335 e. The zero-order valence-corrected chi connectivity index (χ0v) is 14.1. The Labute approximate surface area is 149 Å². The summed E-state index contributed by atoms with van der Waals surface area (Å²) >= 11 is 0. The lowest BCUT2D eigenvalue weighted by molar-refractivity contribution is -0.159. The summed E-state index contributed by atoms with van der Waals surface area (Å²) in [6.07, 6.45) is 0.0140. The zero-order chi connectivity index (χ0) is 18.7. The lowest BCUT2D eigenvalue weighted by Crippen LogP contribution is -2.54. The normalized spacial score (nSPS) is 16.0. The fourth-order valence-corrected chi connectivity index (χ4v) is 2.93. The predicted octanol–water partition coefficient (Wildman–Crippen LogP) is 1.70. The third-order valence-electron chi connectivity index (χ3n) is 4.17. The van der Waals surface area contributed by atoms with Crippen molar-refractivity contribution in [1.82, 2.24) is 10.4 Å². The minimum absolute atomic E-state index is 0.0560. The average molecular weight is 356 g/mol. The van der Waals surface area contributed by atoms with Crippen LogP contribution < -0.4 is 5.43 Å². The monoisotopic (exact) mass is 356 g/mol. The molecule has 0 fully saturated rings. The number of esters is 1. The topological polar surface area (TPSA) is 75.7 Å². The Kier molecular flexibility index (Phi) is 4.97. The first kappa shape index (κ1) is 17.6. The Morgan fingerprint density at radius 2 is 1.88 bits per heavy atom. The van der Waals surface area contributed by atoms with Gasteiger partial charge in [-0.25, -0.2) is 14.2 Å². The largest absolute Gasteiger partial charge is 0.467 e. The summed E-state index contributed by atoms with van der Waals surface area (Å²) < 4.78 is 17.8. The molecule has 1 aliphatic heterocycles. The number of hydrogen-bond acceptors (Lipinski definition) is 4. The summed E-state index contributed by atoms with van der Waals surface area (Å²) in [5.74, 6) is -1.94. The maximum absolute atomic E-state index is 13.0. The average Bonchev–Trinajstić information content (AvgIpc) is 2.63. The van der Waals surface area contributed by atoms with Gasteiger partial charge in [0.1, 0.15) is 5.82 Å². The molecule has 1 N–H and O–H groups in total. The Balaban J connectivity index is 1.82. The molecule has 3 rings (SSSR count). The number of methoxy groups -OCH3 is 1. The van der Waals surface area contributed by atoms with Gasteiger partial charge in [0.05, 0.1) is 20.0 Å². The third kappa shape index (κ3) is 3.56. The standard InChI is InChI=1S/C19H17FN2O4/c1-26-19(25)18-15-5-3-2-4-13(15)11-17(24)22(18)21-16(23)10-12-6-8-14(20)9-7-12/h2-9,18H,10-11H2,1H3,(H,21,23). The third-order valence-corrected chi connectivity index (χ3v) is 4.17. The predicted molar refractivity (Wildman–Crippen MR) is 90.0 cm³/mol. The van der Waals surface area contributed by atoms with E-state index in [1.807, 2.05) is 0 Å². The second-order valence-corrected chi connectivity index (χ2v) is 5.90. The minimum atomic E-state index is -1.05. The maximum atomic E-state index is 13.0. The summed E-state index contributed by atoms with van der Waals surface area (Å²) in [7, 11) is 1.22. The van der Waals surface area contributed by atoms with Gasteiger partial charge in [0.2, 0.25) is 11.8 Å². The highest BCUT2D eigenvalue weighted by molar-refractivity contribution is 5.92. The van der Waals surface area contributed by atoms with Crippen LogP contribution in [-0.4, -0.2) is 29.9 Å². The van der Waals surface area contributed by atoms with Crippen molar-refractivity contribution in [3.63, 3.8) is 0 Å². The van der Waals surface area contributed by atoms with E-state index in [4.69, 9.17) is 4.74 Å². The molecule has 2 amide bonds. The molecule has 0 bridgehead atoms. The smallest absolute Gasteiger partial charge is 0.335 e. The summed E-state index contributed by atoms with van der Waals surface area (Å²) in [5.41, 5.74) is 4.41. The van der Waals surface area contributed by atoms with Crippen LogP contribution in [0, 0.1) is 5.82 Å². The second-order valence-electron chi connectivity index (χ2n) is 5.90. The van der Waals surface area contributed by atoms with E-state index in [9.17, 15) is 18.8 Å². The van der Waals surface area contributed by atoms with Crippen molar-refractivity contribution in [3.05, 3.63) is 71.0 Å². The fourth-order valence-electron chi connectivity index (χ4n) is 2.93. The number of carbonyl (C=O) groups excluding carboxylic acids is 3. The quantitative estimate of drug-likeness (QED) is 0.846. The van der Waals surface area contributed by atoms with Gasteiger partial charge in [0.25, 0.3) is 0 Å². The molecular weight excluding hydrogens is 339 g/mol. The molecule has 26 heavy (non-hydrogen) atoms. The molecule has 2 aromatic rings. The van der Waals surface area contributed by atoms with Crippen molar-refractivity contribution in [2.24, 2.45) is 0 Å². The van der Waals surface area contributed by atoms with Gasteiger partial charge >= 0.3 is 5.97 Å². The second kappa shape index (κ2) is 7.35. The molecule has 1 heterocycles. The highest BCUT2D eigenvalue weighted by Gasteiger charge is 2.39. The molecule has 7 heteroatoms. The Bertz CT molecular complexity index is 851. The number of halogens is 1. The molecule has 0 spiro atoms. The molecule has 0 aromatic heterocycles. The number of nitrogens with zero attached hydrogens (tertiary/aromatic N) is 1. The van der Waals surface area contributed by atoms with Crippen LogP contribution in [0.5, 0.6) is 0 Å². The number of nitrogens with one attached hydrogen (secondary N) is 1. The van der Waals surface area contributed by atoms with Crippen molar-refractivity contribution < 1.29 is 23.5 Å². The summed E-state index contributed by atoms with van der Waals surface area (Å²) in [6.45, 7) is 0. The number of rotatable bonds is 4. The molecule has 0 aliphatic carbocycles. The van der Waals surface area contributed by atoms with Crippen LogP contribution in [0.3, 0.4) is 0 Å². The van der Waals surface area contributed by atoms with Crippen LogP contribution in [-0.2, 0) is 32.0 Å². The number of fused-ring (bicyclic) bond motifs is 1. The summed E-state index contributed by atoms with van der Waals surface area (Å²) in [5, 5.41) is 1.01. The lowest BCUT2D eigenvalue weighted by Gasteiger charge is -2.35. The van der Waals surface area contributed by atoms with Crippen LogP contribution in [0.25, 0.3) is 0 Å². The van der Waals surface area contributed by atoms with Gasteiger partial charge in [0.15, 0.2) is 6.04 Å². The molecule has 1 unspecified atom stereocenters. The Morgan fingerprint density at radius 1 is 1.19 bits per heavy atom. The van der Waals surface area contributed by atoms with E-state index >= 15 is 0 Å². The van der Waals surface area contributed by atoms with Crippen molar-refractivity contribution >= 4 is 17.8 Å². The highest BCUT2D eigenvalue weighted by Crippen LogP contribution is 2.30. The molecule has 134 valence electrons. The molecule has 0 saturated carbocycles. The summed E-state index contributed by atoms with van der Waals surface area (Å²) in [6, 6.07) is 11.5. The van der Waals surface area contributed by atoms with Gasteiger partial charge in [-0.2, -0.15) is 0 Å². The van der Waals surface area contributed by atoms with Gasteiger partial charge in [-0.15, -0.1) is 0 Å². The first-order chi connectivity index (χ1) is 12.5. The van der Waals surface area contributed by atoms with Crippen LogP contribution in [0.2, 0.25) is 0 Å². The van der Waals surface area contributed by atoms with E-state index in [1.54, 1.807) is 24.3 Å².